The number of nitrogens with one attached hydrogen (secondary N) is 1. The van der Waals surface area contributed by atoms with Crippen molar-refractivity contribution in [1.82, 2.24) is 5.32 Å². The van der Waals surface area contributed by atoms with Crippen LogP contribution in [-0.2, 0) is 6.42 Å². The van der Waals surface area contributed by atoms with E-state index in [0.29, 0.717) is 0 Å². The Morgan fingerprint density at radius 2 is 1.42 bits per heavy atom. The Hall–Kier alpha value is -2.87. The minimum Gasteiger partial charge on any atom is -0.345 e. The molecule has 0 spiro atoms. The summed E-state index contributed by atoms with van der Waals surface area (Å²) in [5, 5.41) is 3.20. The molecule has 0 saturated carbocycles. The third kappa shape index (κ3) is 3.90. The van der Waals surface area contributed by atoms with Crippen LogP contribution in [0.2, 0.25) is 0 Å². The van der Waals surface area contributed by atoms with Crippen molar-refractivity contribution in [2.75, 3.05) is 0 Å². The van der Waals surface area contributed by atoms with Crippen molar-refractivity contribution >= 4 is 5.91 Å². The largest absolute Gasteiger partial charge is 0.345 e. The maximum Gasteiger partial charge on any atom is 0.252 e. The Labute approximate surface area is 143 Å². The zero-order chi connectivity index (χ0) is 16.8. The van der Waals surface area contributed by atoms with Crippen LogP contribution in [0.4, 0.5) is 0 Å². The van der Waals surface area contributed by atoms with Crippen molar-refractivity contribution in [3.63, 3.8) is 0 Å². The summed E-state index contributed by atoms with van der Waals surface area (Å²) in [5.41, 5.74) is 4.03. The van der Waals surface area contributed by atoms with E-state index in [9.17, 15) is 4.79 Å². The summed E-state index contributed by atoms with van der Waals surface area (Å²) in [6.45, 7) is 1.96. The van der Waals surface area contributed by atoms with Crippen LogP contribution in [0.25, 0.3) is 0 Å². The summed E-state index contributed by atoms with van der Waals surface area (Å²) >= 11 is 0. The second kappa shape index (κ2) is 7.60. The summed E-state index contributed by atoms with van der Waals surface area (Å²) in [5.74, 6) is -0.0297. The minimum absolute atomic E-state index is 0.0297. The van der Waals surface area contributed by atoms with Gasteiger partial charge in [-0.1, -0.05) is 78.9 Å². The lowest BCUT2D eigenvalue weighted by Gasteiger charge is -2.20. The summed E-state index contributed by atoms with van der Waals surface area (Å²) in [7, 11) is 0. The third-order valence-electron chi connectivity index (χ3n) is 4.18. The van der Waals surface area contributed by atoms with Gasteiger partial charge in [0.2, 0.25) is 0 Å². The molecule has 3 aromatic rings. The molecule has 1 amide bonds. The highest BCUT2D eigenvalue weighted by Gasteiger charge is 2.17. The predicted molar refractivity (Wildman–Crippen MR) is 98.0 cm³/mol. The molecule has 3 aromatic carbocycles. The lowest BCUT2D eigenvalue weighted by molar-refractivity contribution is 0.0936. The molecule has 0 aromatic heterocycles. The van der Waals surface area contributed by atoms with Gasteiger partial charge in [0.05, 0.1) is 6.04 Å². The SMILES string of the molecule is Cc1ccccc1C(=O)N[C@@H](Cc1ccccc1)c1ccccc1. The van der Waals surface area contributed by atoms with Gasteiger partial charge in [0.25, 0.3) is 5.91 Å². The van der Waals surface area contributed by atoms with Crippen molar-refractivity contribution in [1.29, 1.82) is 0 Å². The highest BCUT2D eigenvalue weighted by molar-refractivity contribution is 5.95. The molecule has 1 atom stereocenters. The van der Waals surface area contributed by atoms with Crippen molar-refractivity contribution in [2.24, 2.45) is 0 Å². The highest BCUT2D eigenvalue weighted by Crippen LogP contribution is 2.19. The fourth-order valence-electron chi connectivity index (χ4n) is 2.85. The van der Waals surface area contributed by atoms with Crippen molar-refractivity contribution in [3.8, 4) is 0 Å². The zero-order valence-corrected chi connectivity index (χ0v) is 13.8. The molecular formula is C22H21NO. The lowest BCUT2D eigenvalue weighted by Crippen LogP contribution is -2.30. The van der Waals surface area contributed by atoms with Gasteiger partial charge < -0.3 is 5.32 Å². The molecule has 0 aliphatic rings. The molecule has 0 unspecified atom stereocenters. The number of aryl methyl sites for hydroxylation is 1. The Kier molecular flexibility index (Phi) is 5.07. The average molecular weight is 315 g/mol. The molecule has 2 nitrogen and oxygen atoms in total. The lowest BCUT2D eigenvalue weighted by atomic mass is 9.98. The zero-order valence-electron chi connectivity index (χ0n) is 13.8. The Morgan fingerprint density at radius 1 is 0.833 bits per heavy atom. The van der Waals surface area contributed by atoms with Gasteiger partial charge in [0.1, 0.15) is 0 Å². The first-order valence-corrected chi connectivity index (χ1v) is 8.19. The monoisotopic (exact) mass is 315 g/mol. The summed E-state index contributed by atoms with van der Waals surface area (Å²) in [6.07, 6.45) is 0.766. The van der Waals surface area contributed by atoms with Gasteiger partial charge in [-0.2, -0.15) is 0 Å². The summed E-state index contributed by atoms with van der Waals surface area (Å²) < 4.78 is 0. The van der Waals surface area contributed by atoms with Gasteiger partial charge in [-0.25, -0.2) is 0 Å². The molecule has 3 rings (SSSR count). The number of carbonyl (C=O) groups is 1. The molecule has 0 saturated heterocycles. The average Bonchev–Trinajstić information content (AvgIpc) is 2.63. The van der Waals surface area contributed by atoms with Crippen LogP contribution in [0.3, 0.4) is 0 Å². The van der Waals surface area contributed by atoms with Gasteiger partial charge in [0.15, 0.2) is 0 Å². The normalized spacial score (nSPS) is 11.7. The van der Waals surface area contributed by atoms with E-state index >= 15 is 0 Å². The first kappa shape index (κ1) is 16.0. The van der Waals surface area contributed by atoms with Gasteiger partial charge in [-0.3, -0.25) is 4.79 Å². The van der Waals surface area contributed by atoms with E-state index in [2.05, 4.69) is 29.6 Å². The molecule has 24 heavy (non-hydrogen) atoms. The van der Waals surface area contributed by atoms with Crippen LogP contribution in [0.5, 0.6) is 0 Å². The highest BCUT2D eigenvalue weighted by atomic mass is 16.1. The predicted octanol–water partition coefficient (Wildman–Crippen LogP) is 4.71. The topological polar surface area (TPSA) is 29.1 Å². The van der Waals surface area contributed by atoms with Crippen LogP contribution in [0.1, 0.15) is 33.1 Å². The Bertz CT molecular complexity index is 796. The Morgan fingerprint density at radius 3 is 2.08 bits per heavy atom. The fraction of sp³-hybridized carbons (Fsp3) is 0.136. The number of hydrogen-bond donors (Lipinski definition) is 1. The minimum atomic E-state index is -0.0549. The van der Waals surface area contributed by atoms with Crippen molar-refractivity contribution < 1.29 is 4.79 Å². The quantitative estimate of drug-likeness (QED) is 0.726. The van der Waals surface area contributed by atoms with Gasteiger partial charge in [-0.15, -0.1) is 0 Å². The van der Waals surface area contributed by atoms with Crippen molar-refractivity contribution in [2.45, 2.75) is 19.4 Å². The second-order valence-electron chi connectivity index (χ2n) is 5.94. The summed E-state index contributed by atoms with van der Waals surface area (Å²) in [4.78, 5) is 12.7. The van der Waals surface area contributed by atoms with E-state index < -0.39 is 0 Å². The Balaban J connectivity index is 1.85. The van der Waals surface area contributed by atoms with Crippen LogP contribution in [-0.4, -0.2) is 5.91 Å². The molecule has 0 fully saturated rings. The van der Waals surface area contributed by atoms with Crippen LogP contribution >= 0.6 is 0 Å². The van der Waals surface area contributed by atoms with Crippen LogP contribution in [0.15, 0.2) is 84.9 Å². The standard InChI is InChI=1S/C22H21NO/c1-17-10-8-9-15-20(17)22(24)23-21(19-13-6-3-7-14-19)16-18-11-4-2-5-12-18/h2-15,21H,16H2,1H3,(H,23,24)/t21-/m0/s1. The van der Waals surface area contributed by atoms with Crippen molar-refractivity contribution in [3.05, 3.63) is 107 Å². The van der Waals surface area contributed by atoms with E-state index in [-0.39, 0.29) is 11.9 Å². The first-order valence-electron chi connectivity index (χ1n) is 8.19. The molecule has 0 bridgehead atoms. The molecule has 0 heterocycles. The second-order valence-corrected chi connectivity index (χ2v) is 5.94. The number of rotatable bonds is 5. The number of carbonyl (C=O) groups excluding carboxylic acids is 1. The third-order valence-corrected chi connectivity index (χ3v) is 4.18. The maximum atomic E-state index is 12.7. The van der Waals surface area contributed by atoms with Gasteiger partial charge >= 0.3 is 0 Å². The number of hydrogen-bond acceptors (Lipinski definition) is 1. The molecular weight excluding hydrogens is 294 g/mol. The van der Waals surface area contributed by atoms with E-state index in [0.717, 1.165) is 23.1 Å². The molecule has 120 valence electrons. The number of benzene rings is 3. The first-order chi connectivity index (χ1) is 11.7. The van der Waals surface area contributed by atoms with E-state index in [1.165, 1.54) is 5.56 Å². The molecule has 0 aliphatic heterocycles. The van der Waals surface area contributed by atoms with Gasteiger partial charge in [-0.05, 0) is 36.1 Å². The van der Waals surface area contributed by atoms with Crippen LogP contribution < -0.4 is 5.32 Å². The number of amides is 1. The van der Waals surface area contributed by atoms with E-state index in [4.69, 9.17) is 0 Å². The van der Waals surface area contributed by atoms with E-state index in [1.807, 2.05) is 67.6 Å². The maximum absolute atomic E-state index is 12.7. The molecule has 2 heteroatoms. The van der Waals surface area contributed by atoms with Crippen LogP contribution in [0, 0.1) is 6.92 Å². The molecule has 0 aliphatic carbocycles. The molecule has 0 radical (unpaired) electrons. The molecule has 1 N–H and O–H groups in total. The summed E-state index contributed by atoms with van der Waals surface area (Å²) in [6, 6.07) is 28.0. The smallest absolute Gasteiger partial charge is 0.252 e. The van der Waals surface area contributed by atoms with Gasteiger partial charge in [0, 0.05) is 5.56 Å². The fourth-order valence-corrected chi connectivity index (χ4v) is 2.85. The van der Waals surface area contributed by atoms with E-state index in [1.54, 1.807) is 0 Å².